The summed E-state index contributed by atoms with van der Waals surface area (Å²) in [5.74, 6) is 0.938. The molecule has 0 aromatic heterocycles. The van der Waals surface area contributed by atoms with Gasteiger partial charge in [0.2, 0.25) is 0 Å². The van der Waals surface area contributed by atoms with Gasteiger partial charge in [-0.15, -0.1) is 0 Å². The zero-order valence-electron chi connectivity index (χ0n) is 15.0. The van der Waals surface area contributed by atoms with Crippen LogP contribution < -0.4 is 4.74 Å². The average Bonchev–Trinajstić information content (AvgIpc) is 2.62. The first-order chi connectivity index (χ1) is 11.8. The topological polar surface area (TPSA) is 21.6 Å². The third-order valence-electron chi connectivity index (χ3n) is 3.98. The fourth-order valence-corrected chi connectivity index (χ4v) is 2.56. The third-order valence-corrected chi connectivity index (χ3v) is 3.98. The highest BCUT2D eigenvalue weighted by atomic mass is 16.5. The smallest absolute Gasteiger partial charge is 0.119 e. The van der Waals surface area contributed by atoms with E-state index in [1.807, 2.05) is 18.3 Å². The molecular formula is C22H29NO. The molecule has 2 rings (SSSR count). The van der Waals surface area contributed by atoms with Crippen LogP contribution in [-0.4, -0.2) is 12.8 Å². The SMILES string of the molecule is CCCCCCOc1ccc(/C=N/c2ccc(CCC)cc2)cc1. The summed E-state index contributed by atoms with van der Waals surface area (Å²) in [6.45, 7) is 5.23. The van der Waals surface area contributed by atoms with Crippen molar-refractivity contribution in [2.24, 2.45) is 4.99 Å². The van der Waals surface area contributed by atoms with Crippen molar-refractivity contribution in [2.45, 2.75) is 52.4 Å². The molecule has 0 radical (unpaired) electrons. The summed E-state index contributed by atoms with van der Waals surface area (Å²) in [6.07, 6.45) is 9.14. The van der Waals surface area contributed by atoms with Crippen LogP contribution in [0.25, 0.3) is 0 Å². The van der Waals surface area contributed by atoms with E-state index in [1.54, 1.807) is 0 Å². The maximum Gasteiger partial charge on any atom is 0.119 e. The molecule has 2 nitrogen and oxygen atoms in total. The number of unbranched alkanes of at least 4 members (excludes halogenated alkanes) is 3. The average molecular weight is 323 g/mol. The van der Waals surface area contributed by atoms with E-state index < -0.39 is 0 Å². The molecule has 2 aromatic rings. The molecular weight excluding hydrogens is 294 g/mol. The van der Waals surface area contributed by atoms with E-state index in [0.717, 1.165) is 36.4 Å². The second-order valence-corrected chi connectivity index (χ2v) is 6.15. The van der Waals surface area contributed by atoms with Crippen molar-refractivity contribution >= 4 is 11.9 Å². The zero-order valence-corrected chi connectivity index (χ0v) is 15.0. The summed E-state index contributed by atoms with van der Waals surface area (Å²) >= 11 is 0. The lowest BCUT2D eigenvalue weighted by molar-refractivity contribution is 0.305. The molecule has 128 valence electrons. The van der Waals surface area contributed by atoms with E-state index in [-0.39, 0.29) is 0 Å². The van der Waals surface area contributed by atoms with Crippen molar-refractivity contribution < 1.29 is 4.74 Å². The first kappa shape index (κ1) is 18.3. The highest BCUT2D eigenvalue weighted by Crippen LogP contribution is 2.16. The van der Waals surface area contributed by atoms with Crippen LogP contribution in [0.3, 0.4) is 0 Å². The third kappa shape index (κ3) is 6.57. The van der Waals surface area contributed by atoms with Gasteiger partial charge in [0.15, 0.2) is 0 Å². The van der Waals surface area contributed by atoms with Gasteiger partial charge in [0.05, 0.1) is 12.3 Å². The number of hydrogen-bond donors (Lipinski definition) is 0. The molecule has 2 aromatic carbocycles. The van der Waals surface area contributed by atoms with Gasteiger partial charge < -0.3 is 4.74 Å². The monoisotopic (exact) mass is 323 g/mol. The minimum absolute atomic E-state index is 0.803. The zero-order chi connectivity index (χ0) is 17.0. The standard InChI is InChI=1S/C22H29NO/c1-3-5-6-7-17-24-22-15-11-20(12-16-22)18-23-21-13-9-19(8-4-2)10-14-21/h9-16,18H,3-8,17H2,1-2H3/b23-18+. The largest absolute Gasteiger partial charge is 0.494 e. The molecule has 0 bridgehead atoms. The lowest BCUT2D eigenvalue weighted by Gasteiger charge is -2.06. The highest BCUT2D eigenvalue weighted by Gasteiger charge is 1.96. The second kappa shape index (κ2) is 10.6. The Morgan fingerprint density at radius 1 is 0.833 bits per heavy atom. The Hall–Kier alpha value is -2.09. The molecule has 0 amide bonds. The Balaban J connectivity index is 1.82. The van der Waals surface area contributed by atoms with Gasteiger partial charge >= 0.3 is 0 Å². The van der Waals surface area contributed by atoms with Crippen molar-refractivity contribution in [3.8, 4) is 5.75 Å². The van der Waals surface area contributed by atoms with E-state index in [2.05, 4.69) is 55.2 Å². The van der Waals surface area contributed by atoms with Crippen molar-refractivity contribution in [1.29, 1.82) is 0 Å². The number of aryl methyl sites for hydroxylation is 1. The van der Waals surface area contributed by atoms with Crippen LogP contribution in [0, 0.1) is 0 Å². The molecule has 0 saturated heterocycles. The van der Waals surface area contributed by atoms with E-state index in [9.17, 15) is 0 Å². The van der Waals surface area contributed by atoms with Gasteiger partial charge in [-0.1, -0.05) is 51.7 Å². The predicted molar refractivity (Wildman–Crippen MR) is 104 cm³/mol. The minimum Gasteiger partial charge on any atom is -0.494 e. The molecule has 2 heteroatoms. The van der Waals surface area contributed by atoms with Gasteiger partial charge in [-0.25, -0.2) is 0 Å². The van der Waals surface area contributed by atoms with Gasteiger partial charge in [-0.3, -0.25) is 4.99 Å². The highest BCUT2D eigenvalue weighted by molar-refractivity contribution is 5.82. The van der Waals surface area contributed by atoms with Gasteiger partial charge in [0, 0.05) is 6.21 Å². The van der Waals surface area contributed by atoms with Crippen molar-refractivity contribution in [1.82, 2.24) is 0 Å². The summed E-state index contributed by atoms with van der Waals surface area (Å²) in [5.41, 5.74) is 3.45. The van der Waals surface area contributed by atoms with Crippen LogP contribution >= 0.6 is 0 Å². The van der Waals surface area contributed by atoms with Crippen molar-refractivity contribution in [3.05, 3.63) is 59.7 Å². The van der Waals surface area contributed by atoms with Crippen molar-refractivity contribution in [3.63, 3.8) is 0 Å². The number of aliphatic imine (C=N–C) groups is 1. The van der Waals surface area contributed by atoms with Crippen LogP contribution in [0.1, 0.15) is 57.1 Å². The van der Waals surface area contributed by atoms with Crippen LogP contribution in [0.4, 0.5) is 5.69 Å². The number of benzene rings is 2. The minimum atomic E-state index is 0.803. The summed E-state index contributed by atoms with van der Waals surface area (Å²) < 4.78 is 5.76. The molecule has 0 aliphatic rings. The van der Waals surface area contributed by atoms with Crippen molar-refractivity contribution in [2.75, 3.05) is 6.61 Å². The summed E-state index contributed by atoms with van der Waals surface area (Å²) in [5, 5.41) is 0. The number of ether oxygens (including phenoxy) is 1. The molecule has 0 fully saturated rings. The van der Waals surface area contributed by atoms with E-state index in [1.165, 1.54) is 31.2 Å². The van der Waals surface area contributed by atoms with Crippen LogP contribution in [0.2, 0.25) is 0 Å². The Labute approximate surface area is 146 Å². The molecule has 0 N–H and O–H groups in total. The molecule has 0 aliphatic carbocycles. The fourth-order valence-electron chi connectivity index (χ4n) is 2.56. The number of hydrogen-bond acceptors (Lipinski definition) is 2. The molecule has 0 saturated carbocycles. The Kier molecular flexibility index (Phi) is 8.09. The first-order valence-corrected chi connectivity index (χ1v) is 9.17. The Bertz CT molecular complexity index is 599. The lowest BCUT2D eigenvalue weighted by Crippen LogP contribution is -1.97. The van der Waals surface area contributed by atoms with E-state index >= 15 is 0 Å². The summed E-state index contributed by atoms with van der Waals surface area (Å²) in [6, 6.07) is 16.6. The fraction of sp³-hybridized carbons (Fsp3) is 0.409. The molecule has 24 heavy (non-hydrogen) atoms. The normalized spacial score (nSPS) is 11.1. The Morgan fingerprint density at radius 2 is 1.58 bits per heavy atom. The van der Waals surface area contributed by atoms with Crippen LogP contribution in [-0.2, 0) is 6.42 Å². The molecule has 0 atom stereocenters. The molecule has 0 heterocycles. The molecule has 0 unspecified atom stereocenters. The summed E-state index contributed by atoms with van der Waals surface area (Å²) in [4.78, 5) is 4.54. The van der Waals surface area contributed by atoms with Gasteiger partial charge in [-0.2, -0.15) is 0 Å². The quantitative estimate of drug-likeness (QED) is 0.369. The predicted octanol–water partition coefficient (Wildman–Crippen LogP) is 6.35. The van der Waals surface area contributed by atoms with Crippen LogP contribution in [0.15, 0.2) is 53.5 Å². The second-order valence-electron chi connectivity index (χ2n) is 6.15. The van der Waals surface area contributed by atoms with Gasteiger partial charge in [-0.05, 0) is 60.4 Å². The van der Waals surface area contributed by atoms with E-state index in [0.29, 0.717) is 0 Å². The number of rotatable bonds is 10. The molecule has 0 aliphatic heterocycles. The van der Waals surface area contributed by atoms with Crippen LogP contribution in [0.5, 0.6) is 5.75 Å². The van der Waals surface area contributed by atoms with Gasteiger partial charge in [0.1, 0.15) is 5.75 Å². The maximum absolute atomic E-state index is 5.76. The van der Waals surface area contributed by atoms with E-state index in [4.69, 9.17) is 4.74 Å². The molecule has 0 spiro atoms. The number of nitrogens with zero attached hydrogens (tertiary/aromatic N) is 1. The van der Waals surface area contributed by atoms with Gasteiger partial charge in [0.25, 0.3) is 0 Å². The first-order valence-electron chi connectivity index (χ1n) is 9.17. The Morgan fingerprint density at radius 3 is 2.25 bits per heavy atom. The maximum atomic E-state index is 5.76. The lowest BCUT2D eigenvalue weighted by atomic mass is 10.1. The summed E-state index contributed by atoms with van der Waals surface area (Å²) in [7, 11) is 0.